The molecule has 1 fully saturated rings. The molecule has 1 aliphatic rings. The minimum atomic E-state index is -1.66. The van der Waals surface area contributed by atoms with Crippen LogP contribution in [0.15, 0.2) is 0 Å². The third-order valence-electron chi connectivity index (χ3n) is 14.7. The average Bonchev–Trinajstić information content (AvgIpc) is 3.34. The van der Waals surface area contributed by atoms with Gasteiger partial charge in [0.1, 0.15) is 36.6 Å². The van der Waals surface area contributed by atoms with Gasteiger partial charge in [0.15, 0.2) is 6.29 Å². The number of carbonyl (C=O) groups excluding carboxylic acids is 1. The Labute approximate surface area is 418 Å². The Morgan fingerprint density at radius 1 is 0.456 bits per heavy atom. The van der Waals surface area contributed by atoms with Crippen molar-refractivity contribution in [2.45, 2.75) is 345 Å². The Kier molecular flexibility index (Phi) is 45.1. The Hall–Kier alpha value is -0.890. The molecule has 8 N–H and O–H groups in total. The van der Waals surface area contributed by atoms with Crippen molar-refractivity contribution in [3.05, 3.63) is 0 Å². The second kappa shape index (κ2) is 47.1. The van der Waals surface area contributed by atoms with Gasteiger partial charge in [-0.1, -0.05) is 277 Å². The number of ether oxygens (including phenoxy) is 2. The smallest absolute Gasteiger partial charge is 0.249 e. The van der Waals surface area contributed by atoms with Crippen molar-refractivity contribution in [2.24, 2.45) is 0 Å². The van der Waals surface area contributed by atoms with Gasteiger partial charge in [0.2, 0.25) is 5.91 Å². The summed E-state index contributed by atoms with van der Waals surface area (Å²) >= 11 is 0. The largest absolute Gasteiger partial charge is 0.394 e. The Morgan fingerprint density at radius 2 is 0.765 bits per heavy atom. The molecule has 1 aliphatic heterocycles. The minimum absolute atomic E-state index is 0.266. The van der Waals surface area contributed by atoms with Gasteiger partial charge < -0.3 is 50.5 Å². The zero-order chi connectivity index (χ0) is 49.7. The van der Waals surface area contributed by atoms with E-state index in [0.29, 0.717) is 19.3 Å². The van der Waals surface area contributed by atoms with Crippen LogP contribution in [-0.2, 0) is 14.3 Å². The van der Waals surface area contributed by atoms with Crippen LogP contribution in [0.1, 0.15) is 290 Å². The van der Waals surface area contributed by atoms with Gasteiger partial charge in [-0.2, -0.15) is 0 Å². The highest BCUT2D eigenvalue weighted by atomic mass is 16.7. The van der Waals surface area contributed by atoms with Crippen LogP contribution in [0, 0.1) is 0 Å². The molecule has 68 heavy (non-hydrogen) atoms. The molecule has 9 unspecified atom stereocenters. The van der Waals surface area contributed by atoms with Crippen molar-refractivity contribution in [2.75, 3.05) is 13.2 Å². The summed E-state index contributed by atoms with van der Waals surface area (Å²) in [7, 11) is 0. The lowest BCUT2D eigenvalue weighted by atomic mass is 9.98. The minimum Gasteiger partial charge on any atom is -0.394 e. The number of hydrogen-bond donors (Lipinski definition) is 8. The molecule has 0 bridgehead atoms. The Bertz CT molecular complexity index is 1070. The maximum atomic E-state index is 13.1. The predicted octanol–water partition coefficient (Wildman–Crippen LogP) is 12.2. The Morgan fingerprint density at radius 3 is 1.09 bits per heavy atom. The van der Waals surface area contributed by atoms with Gasteiger partial charge >= 0.3 is 0 Å². The topological polar surface area (TPSA) is 189 Å². The second-order valence-corrected chi connectivity index (χ2v) is 21.1. The van der Waals surface area contributed by atoms with Gasteiger partial charge in [-0.05, 0) is 12.8 Å². The zero-order valence-corrected chi connectivity index (χ0v) is 44.4. The van der Waals surface area contributed by atoms with Crippen LogP contribution in [0.5, 0.6) is 0 Å². The lowest BCUT2D eigenvalue weighted by molar-refractivity contribution is -0.303. The standard InChI is InChI=1S/C57H113NO10/c1-3-5-7-9-11-12-13-14-15-16-17-18-19-20-21-22-23-24-25-26-27-28-29-30-31-32-33-34-35-36-37-39-41-43-45-50(61)56(66)58-48(52(62)49(60)44-42-40-38-10-8-6-4-2)47-67-57-55(65)54(64)53(63)51(46-59)68-57/h48-55,57,59-65H,3-47H2,1-2H3,(H,58,66). The molecule has 0 spiro atoms. The van der Waals surface area contributed by atoms with E-state index in [1.54, 1.807) is 0 Å². The molecule has 1 saturated heterocycles. The first-order chi connectivity index (χ1) is 33.2. The van der Waals surface area contributed by atoms with Crippen molar-refractivity contribution >= 4 is 5.91 Å². The summed E-state index contributed by atoms with van der Waals surface area (Å²) in [5.74, 6) is -0.694. The van der Waals surface area contributed by atoms with E-state index >= 15 is 0 Å². The van der Waals surface area contributed by atoms with Crippen LogP contribution in [0.25, 0.3) is 0 Å². The highest BCUT2D eigenvalue weighted by Crippen LogP contribution is 2.24. The highest BCUT2D eigenvalue weighted by Gasteiger charge is 2.44. The van der Waals surface area contributed by atoms with E-state index in [1.807, 2.05) is 0 Å². The first-order valence-electron chi connectivity index (χ1n) is 29.4. The fourth-order valence-electron chi connectivity index (χ4n) is 9.86. The van der Waals surface area contributed by atoms with E-state index in [0.717, 1.165) is 44.9 Å². The van der Waals surface area contributed by atoms with Crippen LogP contribution in [-0.4, -0.2) is 110 Å². The van der Waals surface area contributed by atoms with E-state index in [2.05, 4.69) is 19.2 Å². The number of carbonyl (C=O) groups is 1. The molecule has 0 saturated carbocycles. The molecule has 406 valence electrons. The molecule has 0 radical (unpaired) electrons. The number of aliphatic hydroxyl groups is 7. The summed E-state index contributed by atoms with van der Waals surface area (Å²) in [6.07, 6.45) is 42.4. The summed E-state index contributed by atoms with van der Waals surface area (Å²) in [6.45, 7) is 3.41. The maximum absolute atomic E-state index is 13.1. The average molecular weight is 973 g/mol. The van der Waals surface area contributed by atoms with Gasteiger partial charge in [-0.25, -0.2) is 0 Å². The van der Waals surface area contributed by atoms with E-state index in [1.165, 1.54) is 205 Å². The molecular weight excluding hydrogens is 859 g/mol. The third kappa shape index (κ3) is 35.3. The Balaban J connectivity index is 2.07. The molecule has 1 amide bonds. The fraction of sp³-hybridized carbons (Fsp3) is 0.982. The quantitative estimate of drug-likeness (QED) is 0.0272. The molecule has 11 nitrogen and oxygen atoms in total. The van der Waals surface area contributed by atoms with Crippen molar-refractivity contribution < 1.29 is 50.0 Å². The van der Waals surface area contributed by atoms with E-state index < -0.39 is 74.2 Å². The van der Waals surface area contributed by atoms with E-state index in [-0.39, 0.29) is 6.42 Å². The normalized spacial score (nSPS) is 20.4. The van der Waals surface area contributed by atoms with Gasteiger partial charge in [-0.3, -0.25) is 4.79 Å². The molecule has 0 aromatic heterocycles. The third-order valence-corrected chi connectivity index (χ3v) is 14.7. The summed E-state index contributed by atoms with van der Waals surface area (Å²) < 4.78 is 11.1. The molecule has 0 aromatic rings. The maximum Gasteiger partial charge on any atom is 0.249 e. The summed E-state index contributed by atoms with van der Waals surface area (Å²) in [5, 5.41) is 75.6. The molecule has 9 atom stereocenters. The molecule has 0 aliphatic carbocycles. The van der Waals surface area contributed by atoms with Crippen LogP contribution >= 0.6 is 0 Å². The SMILES string of the molecule is CCCCCCCCCCCCCCCCCCCCCCCCCCCCCCCCCCCCC(O)C(=O)NC(COC1OC(CO)C(O)C(O)C1O)C(O)C(O)CCCCCCCCC. The molecule has 11 heteroatoms. The number of unbranched alkanes of at least 4 members (excludes halogenated alkanes) is 39. The lowest BCUT2D eigenvalue weighted by Crippen LogP contribution is -2.60. The van der Waals surface area contributed by atoms with E-state index in [9.17, 15) is 40.5 Å². The summed E-state index contributed by atoms with van der Waals surface area (Å²) in [5.41, 5.74) is 0. The summed E-state index contributed by atoms with van der Waals surface area (Å²) in [4.78, 5) is 13.1. The van der Waals surface area contributed by atoms with Crippen LogP contribution < -0.4 is 5.32 Å². The summed E-state index contributed by atoms with van der Waals surface area (Å²) in [6, 6.07) is -1.16. The number of hydrogen-bond acceptors (Lipinski definition) is 10. The number of nitrogens with one attached hydrogen (secondary N) is 1. The first-order valence-corrected chi connectivity index (χ1v) is 29.4. The fourth-order valence-corrected chi connectivity index (χ4v) is 9.86. The van der Waals surface area contributed by atoms with Gasteiger partial charge in [0.05, 0.1) is 25.4 Å². The van der Waals surface area contributed by atoms with Crippen molar-refractivity contribution in [3.8, 4) is 0 Å². The van der Waals surface area contributed by atoms with Gasteiger partial charge in [0.25, 0.3) is 0 Å². The van der Waals surface area contributed by atoms with Crippen LogP contribution in [0.2, 0.25) is 0 Å². The monoisotopic (exact) mass is 972 g/mol. The van der Waals surface area contributed by atoms with Gasteiger partial charge in [-0.15, -0.1) is 0 Å². The zero-order valence-electron chi connectivity index (χ0n) is 44.4. The number of aliphatic hydroxyl groups excluding tert-OH is 7. The van der Waals surface area contributed by atoms with Crippen molar-refractivity contribution in [3.63, 3.8) is 0 Å². The second-order valence-electron chi connectivity index (χ2n) is 21.1. The molecular formula is C57H113NO10. The lowest BCUT2D eigenvalue weighted by Gasteiger charge is -2.40. The molecule has 0 aromatic carbocycles. The van der Waals surface area contributed by atoms with Gasteiger partial charge in [0, 0.05) is 0 Å². The highest BCUT2D eigenvalue weighted by molar-refractivity contribution is 5.80. The number of amides is 1. The predicted molar refractivity (Wildman–Crippen MR) is 280 cm³/mol. The molecule has 1 rings (SSSR count). The number of rotatable bonds is 51. The first kappa shape index (κ1) is 65.1. The van der Waals surface area contributed by atoms with Crippen molar-refractivity contribution in [1.29, 1.82) is 0 Å². The van der Waals surface area contributed by atoms with E-state index in [4.69, 9.17) is 9.47 Å². The van der Waals surface area contributed by atoms with Crippen LogP contribution in [0.3, 0.4) is 0 Å². The van der Waals surface area contributed by atoms with Crippen molar-refractivity contribution in [1.82, 2.24) is 5.32 Å². The van der Waals surface area contributed by atoms with Crippen LogP contribution in [0.4, 0.5) is 0 Å². The molecule has 1 heterocycles.